The molecule has 0 bridgehead atoms. The van der Waals surface area contributed by atoms with Gasteiger partial charge in [0.1, 0.15) is 0 Å². The van der Waals surface area contributed by atoms with Crippen LogP contribution in [0.2, 0.25) is 0 Å². The van der Waals surface area contributed by atoms with Crippen LogP contribution in [-0.4, -0.2) is 43.3 Å². The van der Waals surface area contributed by atoms with Crippen LogP contribution < -0.4 is 5.32 Å². The fraction of sp³-hybridized carbons (Fsp3) is 0.588. The van der Waals surface area contributed by atoms with Gasteiger partial charge in [-0.2, -0.15) is 0 Å². The molecule has 1 N–H and O–H groups in total. The first-order chi connectivity index (χ1) is 10.3. The van der Waals surface area contributed by atoms with Crippen LogP contribution in [0.1, 0.15) is 31.7 Å². The molecule has 1 atom stereocenters. The number of hydrogen-bond acceptors (Lipinski definition) is 3. The van der Waals surface area contributed by atoms with E-state index in [0.29, 0.717) is 12.6 Å². The van der Waals surface area contributed by atoms with Gasteiger partial charge in [-0.3, -0.25) is 0 Å². The van der Waals surface area contributed by atoms with E-state index in [-0.39, 0.29) is 6.09 Å². The van der Waals surface area contributed by atoms with Gasteiger partial charge in [-0.25, -0.2) is 4.79 Å². The first kappa shape index (κ1) is 15.8. The number of unbranched alkanes of at least 4 members (excludes halogenated alkanes) is 1. The summed E-state index contributed by atoms with van der Waals surface area (Å²) in [6.07, 6.45) is 3.75. The van der Waals surface area contributed by atoms with Crippen molar-refractivity contribution in [1.29, 1.82) is 0 Å². The smallest absolute Gasteiger partial charge is 0.409 e. The second kappa shape index (κ2) is 8.67. The van der Waals surface area contributed by atoms with Crippen LogP contribution in [0.4, 0.5) is 4.79 Å². The Bertz CT molecular complexity index is 422. The van der Waals surface area contributed by atoms with Crippen LogP contribution >= 0.6 is 0 Å². The second-order valence-corrected chi connectivity index (χ2v) is 5.61. The van der Waals surface area contributed by atoms with Crippen molar-refractivity contribution in [1.82, 2.24) is 10.2 Å². The summed E-state index contributed by atoms with van der Waals surface area (Å²) in [5, 5.41) is 3.53. The molecule has 1 amide bonds. The molecule has 1 aromatic carbocycles. The van der Waals surface area contributed by atoms with Crippen molar-refractivity contribution < 1.29 is 9.53 Å². The zero-order valence-corrected chi connectivity index (χ0v) is 12.9. The van der Waals surface area contributed by atoms with Gasteiger partial charge in [0.15, 0.2) is 0 Å². The third-order valence-electron chi connectivity index (χ3n) is 3.79. The highest BCUT2D eigenvalue weighted by Gasteiger charge is 2.22. The van der Waals surface area contributed by atoms with E-state index in [0.717, 1.165) is 45.3 Å². The Hall–Kier alpha value is -1.55. The molecule has 0 aromatic heterocycles. The summed E-state index contributed by atoms with van der Waals surface area (Å²) in [6.45, 7) is 5.08. The molecule has 1 aromatic rings. The van der Waals surface area contributed by atoms with Gasteiger partial charge in [0.2, 0.25) is 0 Å². The molecule has 0 radical (unpaired) electrons. The predicted octanol–water partition coefficient (Wildman–Crippen LogP) is 2.83. The van der Waals surface area contributed by atoms with E-state index in [1.165, 1.54) is 5.56 Å². The third-order valence-corrected chi connectivity index (χ3v) is 3.79. The molecule has 116 valence electrons. The molecular weight excluding hydrogens is 264 g/mol. The van der Waals surface area contributed by atoms with Crippen LogP contribution in [0.3, 0.4) is 0 Å². The van der Waals surface area contributed by atoms with Crippen LogP contribution in [0.15, 0.2) is 30.3 Å². The molecule has 1 heterocycles. The summed E-state index contributed by atoms with van der Waals surface area (Å²) in [5.74, 6) is 0. The summed E-state index contributed by atoms with van der Waals surface area (Å²) < 4.78 is 5.34. The summed E-state index contributed by atoms with van der Waals surface area (Å²) in [5.41, 5.74) is 1.30. The van der Waals surface area contributed by atoms with E-state index >= 15 is 0 Å². The van der Waals surface area contributed by atoms with Gasteiger partial charge in [0, 0.05) is 19.1 Å². The zero-order valence-electron chi connectivity index (χ0n) is 12.9. The molecule has 1 aliphatic rings. The highest BCUT2D eigenvalue weighted by atomic mass is 16.6. The van der Waals surface area contributed by atoms with Crippen LogP contribution in [0, 0.1) is 0 Å². The Balaban J connectivity index is 1.87. The number of nitrogens with one attached hydrogen (secondary N) is 1. The fourth-order valence-corrected chi connectivity index (χ4v) is 2.59. The normalized spacial score (nSPS) is 19.1. The average molecular weight is 290 g/mol. The summed E-state index contributed by atoms with van der Waals surface area (Å²) in [7, 11) is 0. The van der Waals surface area contributed by atoms with Crippen molar-refractivity contribution in [2.45, 2.75) is 38.6 Å². The predicted molar refractivity (Wildman–Crippen MR) is 84.4 cm³/mol. The van der Waals surface area contributed by atoms with Crippen molar-refractivity contribution in [3.05, 3.63) is 35.9 Å². The molecule has 21 heavy (non-hydrogen) atoms. The van der Waals surface area contributed by atoms with E-state index in [1.807, 2.05) is 11.0 Å². The van der Waals surface area contributed by atoms with Gasteiger partial charge in [0.25, 0.3) is 0 Å². The van der Waals surface area contributed by atoms with E-state index < -0.39 is 0 Å². The maximum Gasteiger partial charge on any atom is 0.409 e. The van der Waals surface area contributed by atoms with Crippen LogP contribution in [0.25, 0.3) is 0 Å². The van der Waals surface area contributed by atoms with Crippen LogP contribution in [0.5, 0.6) is 0 Å². The van der Waals surface area contributed by atoms with Crippen molar-refractivity contribution in [2.24, 2.45) is 0 Å². The molecule has 0 spiro atoms. The number of nitrogens with zero attached hydrogens (tertiary/aromatic N) is 1. The monoisotopic (exact) mass is 290 g/mol. The number of hydrogen-bond donors (Lipinski definition) is 1. The first-order valence-electron chi connectivity index (χ1n) is 7.98. The zero-order chi connectivity index (χ0) is 14.9. The van der Waals surface area contributed by atoms with E-state index in [9.17, 15) is 4.79 Å². The number of carbonyl (C=O) groups is 1. The number of carbonyl (C=O) groups excluding carboxylic acids is 1. The highest BCUT2D eigenvalue weighted by Crippen LogP contribution is 2.09. The number of rotatable bonds is 5. The molecule has 0 saturated carbocycles. The largest absolute Gasteiger partial charge is 0.449 e. The van der Waals surface area contributed by atoms with Gasteiger partial charge in [-0.1, -0.05) is 43.7 Å². The minimum atomic E-state index is -0.162. The topological polar surface area (TPSA) is 41.6 Å². The molecule has 1 fully saturated rings. The SMILES string of the molecule is CCCCOC(=O)N1CCCNC(Cc2ccccc2)C1. The molecule has 4 heteroatoms. The number of amides is 1. The molecular formula is C17H26N2O2. The Labute approximate surface area is 127 Å². The minimum absolute atomic E-state index is 0.162. The van der Waals surface area contributed by atoms with Crippen LogP contribution in [-0.2, 0) is 11.2 Å². The fourth-order valence-electron chi connectivity index (χ4n) is 2.59. The molecule has 2 rings (SSSR count). The lowest BCUT2D eigenvalue weighted by molar-refractivity contribution is 0.100. The van der Waals surface area contributed by atoms with Crippen molar-refractivity contribution in [2.75, 3.05) is 26.2 Å². The Morgan fingerprint density at radius 2 is 2.19 bits per heavy atom. The first-order valence-corrected chi connectivity index (χ1v) is 7.98. The third kappa shape index (κ3) is 5.38. The lowest BCUT2D eigenvalue weighted by Gasteiger charge is -2.24. The maximum atomic E-state index is 12.1. The molecule has 0 aliphatic carbocycles. The van der Waals surface area contributed by atoms with E-state index in [2.05, 4.69) is 36.5 Å². The summed E-state index contributed by atoms with van der Waals surface area (Å²) in [4.78, 5) is 14.0. The second-order valence-electron chi connectivity index (χ2n) is 5.61. The van der Waals surface area contributed by atoms with Crippen molar-refractivity contribution in [3.8, 4) is 0 Å². The lowest BCUT2D eigenvalue weighted by atomic mass is 10.1. The Morgan fingerprint density at radius 1 is 1.38 bits per heavy atom. The van der Waals surface area contributed by atoms with Crippen molar-refractivity contribution in [3.63, 3.8) is 0 Å². The standard InChI is InChI=1S/C17H26N2O2/c1-2-3-12-21-17(20)19-11-7-10-18-16(14-19)13-15-8-5-4-6-9-15/h4-6,8-9,16,18H,2-3,7,10-14H2,1H3. The lowest BCUT2D eigenvalue weighted by Crippen LogP contribution is -2.42. The highest BCUT2D eigenvalue weighted by molar-refractivity contribution is 5.67. The molecule has 1 saturated heterocycles. The van der Waals surface area contributed by atoms with Gasteiger partial charge >= 0.3 is 6.09 Å². The van der Waals surface area contributed by atoms with Gasteiger partial charge in [-0.05, 0) is 31.4 Å². The van der Waals surface area contributed by atoms with E-state index in [4.69, 9.17) is 4.74 Å². The number of ether oxygens (including phenoxy) is 1. The number of benzene rings is 1. The minimum Gasteiger partial charge on any atom is -0.449 e. The Kier molecular flexibility index (Phi) is 6.54. The average Bonchev–Trinajstić information content (AvgIpc) is 2.74. The quantitative estimate of drug-likeness (QED) is 0.848. The molecule has 1 aliphatic heterocycles. The van der Waals surface area contributed by atoms with Crippen molar-refractivity contribution >= 4 is 6.09 Å². The summed E-state index contributed by atoms with van der Waals surface area (Å²) >= 11 is 0. The molecule has 4 nitrogen and oxygen atoms in total. The summed E-state index contributed by atoms with van der Waals surface area (Å²) in [6, 6.07) is 10.7. The maximum absolute atomic E-state index is 12.1. The molecule has 1 unspecified atom stereocenters. The van der Waals surface area contributed by atoms with E-state index in [1.54, 1.807) is 0 Å². The Morgan fingerprint density at radius 3 is 2.95 bits per heavy atom. The van der Waals surface area contributed by atoms with Gasteiger partial charge in [-0.15, -0.1) is 0 Å². The van der Waals surface area contributed by atoms with Gasteiger partial charge in [0.05, 0.1) is 6.61 Å². The van der Waals surface area contributed by atoms with Gasteiger partial charge < -0.3 is 15.0 Å².